The van der Waals surface area contributed by atoms with Crippen LogP contribution in [0, 0.1) is 0 Å². The number of halogens is 1. The third-order valence-corrected chi connectivity index (χ3v) is 3.87. The first-order valence-corrected chi connectivity index (χ1v) is 7.39. The number of benzene rings is 1. The molecule has 0 radical (unpaired) electrons. The molecule has 0 aliphatic rings. The van der Waals surface area contributed by atoms with Gasteiger partial charge in [0.25, 0.3) is 0 Å². The molecule has 0 fully saturated rings. The van der Waals surface area contributed by atoms with Gasteiger partial charge >= 0.3 is 5.97 Å². The van der Waals surface area contributed by atoms with Gasteiger partial charge in [0.2, 0.25) is 0 Å². The Morgan fingerprint density at radius 2 is 1.92 bits per heavy atom. The number of carbonyl (C=O) groups is 1. The van der Waals surface area contributed by atoms with Crippen molar-refractivity contribution in [3.05, 3.63) is 53.4 Å². The number of pyridine rings is 2. The Hall–Kier alpha value is -3.19. The molecule has 0 amide bonds. The van der Waals surface area contributed by atoms with Crippen LogP contribution in [0.5, 0.6) is 0 Å². The highest BCUT2D eigenvalue weighted by Gasteiger charge is 2.18. The average molecular weight is 340 g/mol. The number of hydrogen-bond acceptors (Lipinski definition) is 5. The number of H-pyrrole nitrogens is 1. The van der Waals surface area contributed by atoms with Crippen LogP contribution in [0.3, 0.4) is 0 Å². The van der Waals surface area contributed by atoms with Crippen LogP contribution in [0.25, 0.3) is 21.8 Å². The maximum atomic E-state index is 11.4. The van der Waals surface area contributed by atoms with Crippen molar-refractivity contribution in [2.24, 2.45) is 0 Å². The number of carboxylic acid groups (broad SMARTS) is 1. The molecule has 0 atom stereocenters. The molecular weight excluding hydrogens is 330 g/mol. The van der Waals surface area contributed by atoms with Gasteiger partial charge in [-0.05, 0) is 30.3 Å². The molecule has 7 nitrogen and oxygen atoms in total. The number of aromatic carboxylic acids is 1. The van der Waals surface area contributed by atoms with E-state index in [-0.39, 0.29) is 11.2 Å². The average Bonchev–Trinajstić information content (AvgIpc) is 3.01. The second kappa shape index (κ2) is 5.47. The standard InChI is InChI=1S/C16H10ClN5O2/c17-8-1-3-9(4-2-8)19-15-10-5-6-18-7-11(10)12-13(20-15)14(16(23)24)22-21-12/h1-7H,(H,19,20)(H,21,22)(H,23,24). The fourth-order valence-electron chi connectivity index (χ4n) is 2.51. The molecule has 0 saturated carbocycles. The van der Waals surface area contributed by atoms with Crippen LogP contribution in [-0.2, 0) is 0 Å². The van der Waals surface area contributed by atoms with Crippen LogP contribution in [0.1, 0.15) is 10.5 Å². The molecule has 4 aromatic rings. The lowest BCUT2D eigenvalue weighted by molar-refractivity contribution is 0.0692. The summed E-state index contributed by atoms with van der Waals surface area (Å²) in [7, 11) is 0. The monoisotopic (exact) mass is 339 g/mol. The predicted molar refractivity (Wildman–Crippen MR) is 90.9 cm³/mol. The van der Waals surface area contributed by atoms with Crippen molar-refractivity contribution in [3.63, 3.8) is 0 Å². The summed E-state index contributed by atoms with van der Waals surface area (Å²) in [5.74, 6) is -0.600. The highest BCUT2D eigenvalue weighted by molar-refractivity contribution is 6.30. The fourth-order valence-corrected chi connectivity index (χ4v) is 2.63. The van der Waals surface area contributed by atoms with Crippen LogP contribution in [0.2, 0.25) is 5.02 Å². The zero-order chi connectivity index (χ0) is 16.7. The van der Waals surface area contributed by atoms with Crippen molar-refractivity contribution in [1.82, 2.24) is 20.2 Å². The maximum Gasteiger partial charge on any atom is 0.356 e. The first-order chi connectivity index (χ1) is 11.6. The number of carboxylic acids is 1. The van der Waals surface area contributed by atoms with Crippen molar-refractivity contribution < 1.29 is 9.90 Å². The van der Waals surface area contributed by atoms with Gasteiger partial charge in [-0.1, -0.05) is 11.6 Å². The summed E-state index contributed by atoms with van der Waals surface area (Å²) in [5.41, 5.74) is 1.47. The minimum Gasteiger partial charge on any atom is -0.476 e. The molecule has 3 aromatic heterocycles. The van der Waals surface area contributed by atoms with E-state index in [1.807, 2.05) is 12.1 Å². The largest absolute Gasteiger partial charge is 0.476 e. The van der Waals surface area contributed by atoms with E-state index >= 15 is 0 Å². The van der Waals surface area contributed by atoms with Crippen LogP contribution in [0.4, 0.5) is 11.5 Å². The second-order valence-electron chi connectivity index (χ2n) is 5.11. The summed E-state index contributed by atoms with van der Waals surface area (Å²) in [5, 5.41) is 21.2. The molecule has 0 aliphatic heterocycles. The Balaban J connectivity index is 1.96. The molecule has 0 unspecified atom stereocenters. The van der Waals surface area contributed by atoms with Gasteiger partial charge in [0.05, 0.1) is 0 Å². The Morgan fingerprint density at radius 1 is 1.12 bits per heavy atom. The summed E-state index contributed by atoms with van der Waals surface area (Å²) in [4.78, 5) is 19.9. The fraction of sp³-hybridized carbons (Fsp3) is 0. The first kappa shape index (κ1) is 14.4. The number of hydrogen-bond donors (Lipinski definition) is 3. The predicted octanol–water partition coefficient (Wildman–Crippen LogP) is 3.60. The third-order valence-electron chi connectivity index (χ3n) is 3.62. The van der Waals surface area contributed by atoms with Crippen molar-refractivity contribution in [1.29, 1.82) is 0 Å². The van der Waals surface area contributed by atoms with Crippen molar-refractivity contribution >= 4 is 50.9 Å². The van der Waals surface area contributed by atoms with Crippen LogP contribution >= 0.6 is 11.6 Å². The highest BCUT2D eigenvalue weighted by atomic mass is 35.5. The lowest BCUT2D eigenvalue weighted by Gasteiger charge is -2.09. The summed E-state index contributed by atoms with van der Waals surface area (Å²) in [6, 6.07) is 8.94. The zero-order valence-electron chi connectivity index (χ0n) is 12.1. The molecule has 3 heterocycles. The van der Waals surface area contributed by atoms with Gasteiger partial charge in [0.15, 0.2) is 5.69 Å². The minimum absolute atomic E-state index is 0.0603. The van der Waals surface area contributed by atoms with Gasteiger partial charge in [0, 0.05) is 33.9 Å². The molecule has 1 aromatic carbocycles. The van der Waals surface area contributed by atoms with Gasteiger partial charge < -0.3 is 10.4 Å². The Bertz CT molecular complexity index is 1080. The van der Waals surface area contributed by atoms with E-state index in [0.29, 0.717) is 21.7 Å². The SMILES string of the molecule is O=C(O)c1[nH]nc2c1nc(Nc1ccc(Cl)cc1)c1ccncc12. The van der Waals surface area contributed by atoms with Crippen LogP contribution in [-0.4, -0.2) is 31.2 Å². The molecule has 3 N–H and O–H groups in total. The number of fused-ring (bicyclic) bond motifs is 3. The molecule has 8 heteroatoms. The molecule has 0 spiro atoms. The van der Waals surface area contributed by atoms with Crippen molar-refractivity contribution in [2.75, 3.05) is 5.32 Å². The number of aromatic amines is 1. The van der Waals surface area contributed by atoms with E-state index in [9.17, 15) is 9.90 Å². The Kier molecular flexibility index (Phi) is 3.28. The van der Waals surface area contributed by atoms with E-state index in [1.54, 1.807) is 30.6 Å². The Morgan fingerprint density at radius 3 is 2.67 bits per heavy atom. The van der Waals surface area contributed by atoms with Gasteiger partial charge in [-0.3, -0.25) is 10.1 Å². The second-order valence-corrected chi connectivity index (χ2v) is 5.55. The Labute approximate surface area is 140 Å². The number of anilines is 2. The molecule has 0 saturated heterocycles. The van der Waals surface area contributed by atoms with E-state index in [1.165, 1.54) is 0 Å². The third kappa shape index (κ3) is 2.31. The van der Waals surface area contributed by atoms with E-state index in [4.69, 9.17) is 11.6 Å². The summed E-state index contributed by atoms with van der Waals surface area (Å²) < 4.78 is 0. The quantitative estimate of drug-likeness (QED) is 0.527. The molecular formula is C16H10ClN5O2. The van der Waals surface area contributed by atoms with Gasteiger partial charge in [-0.2, -0.15) is 5.10 Å². The van der Waals surface area contributed by atoms with Gasteiger partial charge in [-0.15, -0.1) is 0 Å². The lowest BCUT2D eigenvalue weighted by atomic mass is 10.1. The molecule has 4 rings (SSSR count). The minimum atomic E-state index is -1.12. The molecule has 0 aliphatic carbocycles. The summed E-state index contributed by atoms with van der Waals surface area (Å²) in [6.45, 7) is 0. The normalized spacial score (nSPS) is 11.0. The van der Waals surface area contributed by atoms with Gasteiger partial charge in [-0.25, -0.2) is 9.78 Å². The number of aromatic nitrogens is 4. The number of nitrogens with zero attached hydrogens (tertiary/aromatic N) is 3. The smallest absolute Gasteiger partial charge is 0.356 e. The number of rotatable bonds is 3. The molecule has 0 bridgehead atoms. The van der Waals surface area contributed by atoms with Crippen LogP contribution < -0.4 is 5.32 Å². The van der Waals surface area contributed by atoms with Crippen molar-refractivity contribution in [2.45, 2.75) is 0 Å². The van der Waals surface area contributed by atoms with E-state index < -0.39 is 5.97 Å². The first-order valence-electron chi connectivity index (χ1n) is 7.01. The lowest BCUT2D eigenvalue weighted by Crippen LogP contribution is -2.00. The molecule has 24 heavy (non-hydrogen) atoms. The van der Waals surface area contributed by atoms with Gasteiger partial charge in [0.1, 0.15) is 16.9 Å². The van der Waals surface area contributed by atoms with E-state index in [2.05, 4.69) is 25.5 Å². The highest BCUT2D eigenvalue weighted by Crippen LogP contribution is 2.30. The number of nitrogens with one attached hydrogen (secondary N) is 2. The van der Waals surface area contributed by atoms with Crippen molar-refractivity contribution in [3.8, 4) is 0 Å². The van der Waals surface area contributed by atoms with Crippen LogP contribution in [0.15, 0.2) is 42.7 Å². The molecule has 118 valence electrons. The topological polar surface area (TPSA) is 104 Å². The zero-order valence-corrected chi connectivity index (χ0v) is 12.9. The summed E-state index contributed by atoms with van der Waals surface area (Å²) >= 11 is 5.90. The maximum absolute atomic E-state index is 11.4. The van der Waals surface area contributed by atoms with E-state index in [0.717, 1.165) is 11.1 Å². The summed E-state index contributed by atoms with van der Waals surface area (Å²) in [6.07, 6.45) is 3.28.